The van der Waals surface area contributed by atoms with Gasteiger partial charge in [0.15, 0.2) is 0 Å². The fourth-order valence-electron chi connectivity index (χ4n) is 4.24. The Bertz CT molecular complexity index is 1500. The van der Waals surface area contributed by atoms with Crippen LogP contribution in [0.2, 0.25) is 0 Å². The largest absolute Gasteiger partial charge is 0.372 e. The molecule has 1 N–H and O–H groups in total. The van der Waals surface area contributed by atoms with Crippen LogP contribution in [0, 0.1) is 0 Å². The van der Waals surface area contributed by atoms with Crippen molar-refractivity contribution in [2.24, 2.45) is 5.10 Å². The van der Waals surface area contributed by atoms with Crippen LogP contribution in [0.15, 0.2) is 119 Å². The van der Waals surface area contributed by atoms with Crippen molar-refractivity contribution in [1.82, 2.24) is 5.43 Å². The minimum atomic E-state index is -3.98. The predicted molar refractivity (Wildman–Crippen MR) is 158 cm³/mol. The van der Waals surface area contributed by atoms with Crippen LogP contribution in [-0.4, -0.2) is 33.6 Å². The number of carbonyl (C=O) groups excluding carboxylic acids is 1. The highest BCUT2D eigenvalue weighted by Gasteiger charge is 2.28. The van der Waals surface area contributed by atoms with Gasteiger partial charge in [-0.2, -0.15) is 5.10 Å². The molecule has 39 heavy (non-hydrogen) atoms. The Kier molecular flexibility index (Phi) is 9.12. The molecule has 0 aliphatic rings. The fraction of sp³-hybridized carbons (Fsp3) is 0.161. The van der Waals surface area contributed by atoms with Gasteiger partial charge in [-0.25, -0.2) is 13.8 Å². The van der Waals surface area contributed by atoms with Gasteiger partial charge in [0.25, 0.3) is 15.9 Å². The number of benzene rings is 4. The van der Waals surface area contributed by atoms with E-state index in [0.717, 1.165) is 29.9 Å². The average molecular weight is 541 g/mol. The van der Waals surface area contributed by atoms with E-state index in [2.05, 4.69) is 29.3 Å². The maximum Gasteiger partial charge on any atom is 0.273 e. The van der Waals surface area contributed by atoms with E-state index >= 15 is 0 Å². The summed E-state index contributed by atoms with van der Waals surface area (Å²) >= 11 is 0. The zero-order valence-electron chi connectivity index (χ0n) is 22.1. The van der Waals surface area contributed by atoms with Crippen LogP contribution >= 0.6 is 0 Å². The summed E-state index contributed by atoms with van der Waals surface area (Å²) in [6, 6.07) is 32.0. The number of amides is 1. The number of hydrogen-bond acceptors (Lipinski definition) is 5. The molecule has 4 aromatic carbocycles. The number of anilines is 2. The van der Waals surface area contributed by atoms with Gasteiger partial charge in [-0.15, -0.1) is 0 Å². The number of hydrazone groups is 1. The van der Waals surface area contributed by atoms with Crippen molar-refractivity contribution >= 4 is 33.5 Å². The van der Waals surface area contributed by atoms with Crippen LogP contribution in [0.5, 0.6) is 0 Å². The highest BCUT2D eigenvalue weighted by molar-refractivity contribution is 7.92. The first kappa shape index (κ1) is 27.6. The average Bonchev–Trinajstić information content (AvgIpc) is 2.98. The van der Waals surface area contributed by atoms with E-state index in [1.54, 1.807) is 60.8 Å². The zero-order valence-corrected chi connectivity index (χ0v) is 22.9. The SMILES string of the molecule is CCN(CC)c1ccc(/C=N\NC(=O)c2ccccc2N(Cc2ccccc2)S(=O)(=O)c2ccccc2)cc1. The number of hydrogen-bond donors (Lipinski definition) is 1. The summed E-state index contributed by atoms with van der Waals surface area (Å²) in [6.45, 7) is 6.11. The summed E-state index contributed by atoms with van der Waals surface area (Å²) in [4.78, 5) is 15.6. The lowest BCUT2D eigenvalue weighted by atomic mass is 10.1. The van der Waals surface area contributed by atoms with Gasteiger partial charge >= 0.3 is 0 Å². The van der Waals surface area contributed by atoms with Gasteiger partial charge in [0, 0.05) is 18.8 Å². The highest BCUT2D eigenvalue weighted by atomic mass is 32.2. The molecule has 200 valence electrons. The van der Waals surface area contributed by atoms with Gasteiger partial charge in [-0.05, 0) is 61.4 Å². The van der Waals surface area contributed by atoms with Crippen LogP contribution in [0.3, 0.4) is 0 Å². The third-order valence-electron chi connectivity index (χ3n) is 6.32. The summed E-state index contributed by atoms with van der Waals surface area (Å²) in [6.07, 6.45) is 1.56. The normalized spacial score (nSPS) is 11.3. The van der Waals surface area contributed by atoms with Crippen LogP contribution in [0.1, 0.15) is 35.3 Å². The lowest BCUT2D eigenvalue weighted by Gasteiger charge is -2.26. The molecule has 0 fully saturated rings. The Hall–Kier alpha value is -4.43. The second-order valence-corrected chi connectivity index (χ2v) is 10.7. The Morgan fingerprint density at radius 1 is 0.795 bits per heavy atom. The van der Waals surface area contributed by atoms with Crippen LogP contribution in [-0.2, 0) is 16.6 Å². The van der Waals surface area contributed by atoms with Gasteiger partial charge < -0.3 is 4.90 Å². The van der Waals surface area contributed by atoms with Gasteiger partial charge in [0.2, 0.25) is 0 Å². The molecule has 0 aliphatic carbocycles. The lowest BCUT2D eigenvalue weighted by Crippen LogP contribution is -2.33. The fourth-order valence-corrected chi connectivity index (χ4v) is 5.73. The van der Waals surface area contributed by atoms with E-state index in [0.29, 0.717) is 0 Å². The van der Waals surface area contributed by atoms with Crippen molar-refractivity contribution in [2.75, 3.05) is 22.3 Å². The second-order valence-electron chi connectivity index (χ2n) is 8.79. The molecule has 0 atom stereocenters. The quantitative estimate of drug-likeness (QED) is 0.196. The highest BCUT2D eigenvalue weighted by Crippen LogP contribution is 2.29. The Balaban J connectivity index is 1.61. The Labute approximate surface area is 230 Å². The minimum absolute atomic E-state index is 0.0600. The van der Waals surface area contributed by atoms with E-state index in [9.17, 15) is 13.2 Å². The van der Waals surface area contributed by atoms with Crippen molar-refractivity contribution < 1.29 is 13.2 Å². The standard InChI is InChI=1S/C31H32N4O3S/c1-3-34(4-2)27-21-19-25(20-22-27)23-32-33-31(36)29-17-11-12-18-30(29)35(24-26-13-7-5-8-14-26)39(37,38)28-15-9-6-10-16-28/h5-23H,3-4,24H2,1-2H3,(H,33,36)/b32-23-. The van der Waals surface area contributed by atoms with Gasteiger partial charge in [-0.1, -0.05) is 72.8 Å². The molecule has 0 bridgehead atoms. The maximum atomic E-state index is 13.8. The van der Waals surface area contributed by atoms with E-state index in [1.807, 2.05) is 54.6 Å². The first-order valence-electron chi connectivity index (χ1n) is 12.8. The van der Waals surface area contributed by atoms with E-state index in [4.69, 9.17) is 0 Å². The monoisotopic (exact) mass is 540 g/mol. The summed E-state index contributed by atoms with van der Waals surface area (Å²) in [5, 5.41) is 4.13. The van der Waals surface area contributed by atoms with Crippen molar-refractivity contribution in [1.29, 1.82) is 0 Å². The number of rotatable bonds is 11. The number of nitrogens with one attached hydrogen (secondary N) is 1. The number of nitrogens with zero attached hydrogens (tertiary/aromatic N) is 3. The van der Waals surface area contributed by atoms with E-state index < -0.39 is 15.9 Å². The van der Waals surface area contributed by atoms with Gasteiger partial charge in [0.1, 0.15) is 0 Å². The van der Waals surface area contributed by atoms with Crippen molar-refractivity contribution in [3.05, 3.63) is 126 Å². The summed E-state index contributed by atoms with van der Waals surface area (Å²) in [7, 11) is -3.98. The lowest BCUT2D eigenvalue weighted by molar-refractivity contribution is 0.0955. The Morgan fingerprint density at radius 2 is 1.38 bits per heavy atom. The molecule has 4 rings (SSSR count). The first-order valence-corrected chi connectivity index (χ1v) is 14.3. The topological polar surface area (TPSA) is 82.1 Å². The third kappa shape index (κ3) is 6.72. The summed E-state index contributed by atoms with van der Waals surface area (Å²) in [5.74, 6) is -0.511. The third-order valence-corrected chi connectivity index (χ3v) is 8.09. The van der Waals surface area contributed by atoms with Crippen molar-refractivity contribution in [3.63, 3.8) is 0 Å². The number of para-hydroxylation sites is 1. The summed E-state index contributed by atoms with van der Waals surface area (Å²) in [5.41, 5.74) is 5.76. The first-order chi connectivity index (χ1) is 18.9. The van der Waals surface area contributed by atoms with E-state index in [-0.39, 0.29) is 22.7 Å². The van der Waals surface area contributed by atoms with E-state index in [1.165, 1.54) is 4.31 Å². The molecular formula is C31H32N4O3S. The van der Waals surface area contributed by atoms with Crippen molar-refractivity contribution in [2.45, 2.75) is 25.3 Å². The van der Waals surface area contributed by atoms with Gasteiger partial charge in [0.05, 0.1) is 28.9 Å². The maximum absolute atomic E-state index is 13.8. The molecule has 4 aromatic rings. The smallest absolute Gasteiger partial charge is 0.273 e. The molecule has 8 heteroatoms. The van der Waals surface area contributed by atoms with Crippen LogP contribution < -0.4 is 14.6 Å². The number of carbonyl (C=O) groups is 1. The summed E-state index contributed by atoms with van der Waals surface area (Å²) < 4.78 is 28.8. The van der Waals surface area contributed by atoms with Crippen LogP contribution in [0.25, 0.3) is 0 Å². The molecule has 0 aliphatic heterocycles. The molecular weight excluding hydrogens is 508 g/mol. The molecule has 1 amide bonds. The number of sulfonamides is 1. The minimum Gasteiger partial charge on any atom is -0.372 e. The molecule has 0 saturated carbocycles. The molecule has 0 radical (unpaired) electrons. The molecule has 7 nitrogen and oxygen atoms in total. The predicted octanol–water partition coefficient (Wildman–Crippen LogP) is 5.69. The molecule has 0 unspecified atom stereocenters. The molecule has 0 heterocycles. The molecule has 0 aromatic heterocycles. The van der Waals surface area contributed by atoms with Gasteiger partial charge in [-0.3, -0.25) is 9.10 Å². The van der Waals surface area contributed by atoms with Crippen LogP contribution in [0.4, 0.5) is 11.4 Å². The Morgan fingerprint density at radius 3 is 2.03 bits per heavy atom. The second kappa shape index (κ2) is 12.9. The molecule has 0 saturated heterocycles. The molecule has 0 spiro atoms. The zero-order chi connectivity index (χ0) is 27.7. The van der Waals surface area contributed by atoms with Crippen molar-refractivity contribution in [3.8, 4) is 0 Å².